The maximum Gasteiger partial charge on any atom is 0.407 e. The number of alkyl carbamates (subject to hydrolysis) is 1. The lowest BCUT2D eigenvalue weighted by Gasteiger charge is -2.31. The number of hydrogen-bond donors (Lipinski definition) is 1. The SMILES string of the molecule is CC(C)(C)OC(=O)NCC1CCN(S(=O)(=O)CCc2cccc(F)c2)CC1. The molecule has 1 aromatic carbocycles. The van der Waals surface area contributed by atoms with Crippen LogP contribution in [-0.4, -0.2) is 49.8 Å². The molecule has 1 saturated heterocycles. The molecular formula is C19H29FN2O4S. The summed E-state index contributed by atoms with van der Waals surface area (Å²) >= 11 is 0. The van der Waals surface area contributed by atoms with Crippen molar-refractivity contribution in [3.8, 4) is 0 Å². The van der Waals surface area contributed by atoms with Gasteiger partial charge < -0.3 is 10.1 Å². The molecule has 0 spiro atoms. The molecule has 1 fully saturated rings. The highest BCUT2D eigenvalue weighted by molar-refractivity contribution is 7.89. The lowest BCUT2D eigenvalue weighted by atomic mass is 9.98. The number of amides is 1. The van der Waals surface area contributed by atoms with E-state index in [2.05, 4.69) is 5.32 Å². The topological polar surface area (TPSA) is 75.7 Å². The maximum atomic E-state index is 13.2. The highest BCUT2D eigenvalue weighted by atomic mass is 32.2. The summed E-state index contributed by atoms with van der Waals surface area (Å²) in [5, 5.41) is 2.75. The zero-order valence-electron chi connectivity index (χ0n) is 16.2. The number of carbonyl (C=O) groups is 1. The smallest absolute Gasteiger partial charge is 0.407 e. The van der Waals surface area contributed by atoms with Gasteiger partial charge in [-0.05, 0) is 63.6 Å². The van der Waals surface area contributed by atoms with Crippen LogP contribution in [0.4, 0.5) is 9.18 Å². The molecular weight excluding hydrogens is 371 g/mol. The number of piperidine rings is 1. The molecule has 1 aromatic rings. The van der Waals surface area contributed by atoms with E-state index >= 15 is 0 Å². The molecule has 2 rings (SSSR count). The molecule has 1 heterocycles. The molecule has 0 saturated carbocycles. The van der Waals surface area contributed by atoms with Crippen LogP contribution < -0.4 is 5.32 Å². The van der Waals surface area contributed by atoms with Gasteiger partial charge in [0.1, 0.15) is 11.4 Å². The van der Waals surface area contributed by atoms with Gasteiger partial charge in [-0.3, -0.25) is 0 Å². The number of nitrogens with one attached hydrogen (secondary N) is 1. The molecule has 1 aliphatic heterocycles. The third-order valence-corrected chi connectivity index (χ3v) is 6.31. The van der Waals surface area contributed by atoms with E-state index in [0.29, 0.717) is 44.5 Å². The minimum atomic E-state index is -3.37. The van der Waals surface area contributed by atoms with Crippen LogP contribution in [0, 0.1) is 11.7 Å². The zero-order chi connectivity index (χ0) is 20.1. The Hall–Kier alpha value is -1.67. The minimum Gasteiger partial charge on any atom is -0.444 e. The Morgan fingerprint density at radius 1 is 1.30 bits per heavy atom. The Morgan fingerprint density at radius 3 is 2.56 bits per heavy atom. The third-order valence-electron chi connectivity index (χ3n) is 4.44. The average molecular weight is 401 g/mol. The molecule has 0 unspecified atom stereocenters. The van der Waals surface area contributed by atoms with Crippen LogP contribution in [0.3, 0.4) is 0 Å². The predicted molar refractivity (Wildman–Crippen MR) is 102 cm³/mol. The first-order chi connectivity index (χ1) is 12.5. The first kappa shape index (κ1) is 21.6. The Kier molecular flexibility index (Phi) is 7.22. The van der Waals surface area contributed by atoms with Crippen LogP contribution in [0.2, 0.25) is 0 Å². The van der Waals surface area contributed by atoms with Gasteiger partial charge in [-0.25, -0.2) is 21.9 Å². The number of aryl methyl sites for hydroxylation is 1. The molecule has 0 atom stereocenters. The van der Waals surface area contributed by atoms with Crippen molar-refractivity contribution in [3.05, 3.63) is 35.6 Å². The molecule has 0 aromatic heterocycles. The summed E-state index contributed by atoms with van der Waals surface area (Å²) in [6, 6.07) is 6.02. The number of ether oxygens (including phenoxy) is 1. The van der Waals surface area contributed by atoms with E-state index in [1.807, 2.05) is 0 Å². The minimum absolute atomic E-state index is 0.0305. The number of rotatable bonds is 6. The Bertz CT molecular complexity index is 738. The number of carbonyl (C=O) groups excluding carboxylic acids is 1. The van der Waals surface area contributed by atoms with E-state index in [1.54, 1.807) is 32.9 Å². The molecule has 27 heavy (non-hydrogen) atoms. The van der Waals surface area contributed by atoms with Crippen molar-refractivity contribution < 1.29 is 22.3 Å². The Morgan fingerprint density at radius 2 is 1.96 bits per heavy atom. The van der Waals surface area contributed by atoms with Crippen molar-refractivity contribution in [1.29, 1.82) is 0 Å². The van der Waals surface area contributed by atoms with Crippen molar-refractivity contribution in [2.75, 3.05) is 25.4 Å². The summed E-state index contributed by atoms with van der Waals surface area (Å²) in [6.07, 6.45) is 1.22. The second-order valence-electron chi connectivity index (χ2n) is 7.92. The Balaban J connectivity index is 1.76. The van der Waals surface area contributed by atoms with Gasteiger partial charge in [0.05, 0.1) is 5.75 Å². The number of sulfonamides is 1. The third kappa shape index (κ3) is 7.46. The first-order valence-corrected chi connectivity index (χ1v) is 10.9. The fourth-order valence-electron chi connectivity index (χ4n) is 3.00. The summed E-state index contributed by atoms with van der Waals surface area (Å²) in [5.41, 5.74) is 0.137. The molecule has 8 heteroatoms. The van der Waals surface area contributed by atoms with Gasteiger partial charge in [-0.2, -0.15) is 0 Å². The summed E-state index contributed by atoms with van der Waals surface area (Å²) in [5.74, 6) is -0.160. The van der Waals surface area contributed by atoms with Crippen LogP contribution in [0.25, 0.3) is 0 Å². The lowest BCUT2D eigenvalue weighted by molar-refractivity contribution is 0.0513. The van der Waals surface area contributed by atoms with Gasteiger partial charge in [0.15, 0.2) is 0 Å². The van der Waals surface area contributed by atoms with Crippen LogP contribution >= 0.6 is 0 Å². The molecule has 1 amide bonds. The van der Waals surface area contributed by atoms with Crippen LogP contribution in [0.15, 0.2) is 24.3 Å². The summed E-state index contributed by atoms with van der Waals surface area (Å²) < 4.78 is 44.9. The molecule has 6 nitrogen and oxygen atoms in total. The average Bonchev–Trinajstić information content (AvgIpc) is 2.57. The standard InChI is InChI=1S/C19H29FN2O4S/c1-19(2,3)26-18(23)21-14-16-7-10-22(11-8-16)27(24,25)12-9-15-5-4-6-17(20)13-15/h4-6,13,16H,7-12,14H2,1-3H3,(H,21,23). The molecule has 152 valence electrons. The van der Waals surface area contributed by atoms with Crippen molar-refractivity contribution in [3.63, 3.8) is 0 Å². The fourth-order valence-corrected chi connectivity index (χ4v) is 4.52. The highest BCUT2D eigenvalue weighted by Gasteiger charge is 2.28. The second-order valence-corrected chi connectivity index (χ2v) is 10.0. The van der Waals surface area contributed by atoms with E-state index in [9.17, 15) is 17.6 Å². The van der Waals surface area contributed by atoms with Gasteiger partial charge in [-0.15, -0.1) is 0 Å². The molecule has 1 N–H and O–H groups in total. The second kappa shape index (κ2) is 9.01. The van der Waals surface area contributed by atoms with Gasteiger partial charge in [-0.1, -0.05) is 12.1 Å². The van der Waals surface area contributed by atoms with E-state index in [0.717, 1.165) is 0 Å². The molecule has 0 bridgehead atoms. The van der Waals surface area contributed by atoms with Gasteiger partial charge >= 0.3 is 6.09 Å². The van der Waals surface area contributed by atoms with Crippen molar-refractivity contribution >= 4 is 16.1 Å². The molecule has 0 aliphatic carbocycles. The number of hydrogen-bond acceptors (Lipinski definition) is 4. The first-order valence-electron chi connectivity index (χ1n) is 9.24. The van der Waals surface area contributed by atoms with Crippen LogP contribution in [0.1, 0.15) is 39.2 Å². The van der Waals surface area contributed by atoms with Crippen LogP contribution in [0.5, 0.6) is 0 Å². The van der Waals surface area contributed by atoms with E-state index < -0.39 is 21.7 Å². The predicted octanol–water partition coefficient (Wildman–Crippen LogP) is 2.93. The van der Waals surface area contributed by atoms with Crippen molar-refractivity contribution in [2.24, 2.45) is 5.92 Å². The maximum absolute atomic E-state index is 13.2. The summed E-state index contributed by atoms with van der Waals surface area (Å²) in [6.45, 7) is 6.77. The zero-order valence-corrected chi connectivity index (χ0v) is 17.0. The van der Waals surface area contributed by atoms with Gasteiger partial charge in [0.25, 0.3) is 0 Å². The van der Waals surface area contributed by atoms with E-state index in [4.69, 9.17) is 4.74 Å². The summed E-state index contributed by atoms with van der Waals surface area (Å²) in [7, 11) is -3.37. The van der Waals surface area contributed by atoms with E-state index in [1.165, 1.54) is 16.4 Å². The normalized spacial score (nSPS) is 16.9. The van der Waals surface area contributed by atoms with E-state index in [-0.39, 0.29) is 17.5 Å². The largest absolute Gasteiger partial charge is 0.444 e. The number of nitrogens with zero attached hydrogens (tertiary/aromatic N) is 1. The van der Waals surface area contributed by atoms with Gasteiger partial charge in [0.2, 0.25) is 10.0 Å². The number of halogens is 1. The van der Waals surface area contributed by atoms with Gasteiger partial charge in [0, 0.05) is 19.6 Å². The van der Waals surface area contributed by atoms with Crippen molar-refractivity contribution in [1.82, 2.24) is 9.62 Å². The number of benzene rings is 1. The molecule has 1 aliphatic rings. The van der Waals surface area contributed by atoms with Crippen molar-refractivity contribution in [2.45, 2.75) is 45.6 Å². The summed E-state index contributed by atoms with van der Waals surface area (Å²) in [4.78, 5) is 11.7. The highest BCUT2D eigenvalue weighted by Crippen LogP contribution is 2.20. The monoisotopic (exact) mass is 400 g/mol. The molecule has 0 radical (unpaired) electrons. The lowest BCUT2D eigenvalue weighted by Crippen LogP contribution is -2.43. The van der Waals surface area contributed by atoms with Crippen LogP contribution in [-0.2, 0) is 21.2 Å². The Labute approximate surface area is 161 Å². The quantitative estimate of drug-likeness (QED) is 0.797. The fraction of sp³-hybridized carbons (Fsp3) is 0.632.